The van der Waals surface area contributed by atoms with E-state index >= 15 is 0 Å². The number of benzene rings is 1. The van der Waals surface area contributed by atoms with Crippen molar-refractivity contribution < 1.29 is 0 Å². The van der Waals surface area contributed by atoms with E-state index in [0.29, 0.717) is 4.83 Å². The first-order valence-electron chi connectivity index (χ1n) is 6.03. The molecule has 0 saturated heterocycles. The fraction of sp³-hybridized carbons (Fsp3) is 0.571. The van der Waals surface area contributed by atoms with Crippen LogP contribution in [-0.4, -0.2) is 4.83 Å². The molecule has 2 heteroatoms. The van der Waals surface area contributed by atoms with E-state index in [2.05, 4.69) is 63.0 Å². The van der Waals surface area contributed by atoms with E-state index in [4.69, 9.17) is 0 Å². The lowest BCUT2D eigenvalue weighted by molar-refractivity contribution is 0.294. The number of alkyl halides is 1. The van der Waals surface area contributed by atoms with E-state index in [1.807, 2.05) is 0 Å². The van der Waals surface area contributed by atoms with E-state index in [-0.39, 0.29) is 0 Å². The summed E-state index contributed by atoms with van der Waals surface area (Å²) in [6, 6.07) is 8.77. The predicted octanol–water partition coefficient (Wildman–Crippen LogP) is 5.19. The van der Waals surface area contributed by atoms with Crippen LogP contribution in [0.15, 0.2) is 28.7 Å². The van der Waals surface area contributed by atoms with Crippen molar-refractivity contribution in [3.05, 3.63) is 34.3 Å². The average molecular weight is 346 g/mol. The Bertz CT molecular complexity index is 331. The zero-order valence-corrected chi connectivity index (χ0v) is 12.8. The van der Waals surface area contributed by atoms with Crippen LogP contribution in [0.4, 0.5) is 0 Å². The Kier molecular flexibility index (Phi) is 4.48. The van der Waals surface area contributed by atoms with Crippen molar-refractivity contribution >= 4 is 31.9 Å². The fourth-order valence-corrected chi connectivity index (χ4v) is 3.53. The minimum atomic E-state index is 0.715. The lowest BCUT2D eigenvalue weighted by atomic mass is 9.79. The first-order chi connectivity index (χ1) is 7.65. The van der Waals surface area contributed by atoms with Gasteiger partial charge in [0.2, 0.25) is 0 Å². The molecule has 2 rings (SSSR count). The van der Waals surface area contributed by atoms with Crippen LogP contribution >= 0.6 is 31.9 Å². The zero-order chi connectivity index (χ0) is 11.5. The van der Waals surface area contributed by atoms with E-state index in [1.54, 1.807) is 0 Å². The Labute approximate surface area is 115 Å². The second-order valence-electron chi connectivity index (χ2n) is 5.02. The van der Waals surface area contributed by atoms with Gasteiger partial charge in [0.25, 0.3) is 0 Å². The summed E-state index contributed by atoms with van der Waals surface area (Å²) < 4.78 is 1.17. The molecule has 0 bridgehead atoms. The van der Waals surface area contributed by atoms with Gasteiger partial charge in [-0.1, -0.05) is 50.9 Å². The summed E-state index contributed by atoms with van der Waals surface area (Å²) in [4.78, 5) is 0.715. The molecule has 1 aliphatic rings. The van der Waals surface area contributed by atoms with Crippen LogP contribution in [0.5, 0.6) is 0 Å². The van der Waals surface area contributed by atoms with Crippen LogP contribution in [0, 0.1) is 11.8 Å². The van der Waals surface area contributed by atoms with E-state index in [9.17, 15) is 0 Å². The van der Waals surface area contributed by atoms with Gasteiger partial charge in [0.05, 0.1) is 0 Å². The maximum atomic E-state index is 3.84. The maximum Gasteiger partial charge on any atom is 0.0177 e. The highest BCUT2D eigenvalue weighted by Gasteiger charge is 2.26. The van der Waals surface area contributed by atoms with Gasteiger partial charge in [-0.25, -0.2) is 0 Å². The standard InChI is InChI=1S/C14H18Br2/c1-10-2-7-14(16)12(8-10)9-11-3-5-13(15)6-4-11/h3-6,10,12,14H,2,7-9H2,1H3. The molecule has 1 saturated carbocycles. The minimum absolute atomic E-state index is 0.715. The monoisotopic (exact) mass is 344 g/mol. The summed E-state index contributed by atoms with van der Waals surface area (Å²) in [5.74, 6) is 1.71. The molecule has 0 aromatic heterocycles. The van der Waals surface area contributed by atoms with Crippen LogP contribution in [-0.2, 0) is 6.42 Å². The third-order valence-corrected chi connectivity index (χ3v) is 5.30. The molecule has 3 atom stereocenters. The highest BCUT2D eigenvalue weighted by atomic mass is 79.9. The van der Waals surface area contributed by atoms with Crippen molar-refractivity contribution in [3.63, 3.8) is 0 Å². The van der Waals surface area contributed by atoms with Crippen LogP contribution in [0.1, 0.15) is 31.7 Å². The molecule has 0 spiro atoms. The van der Waals surface area contributed by atoms with Gasteiger partial charge in [0.15, 0.2) is 0 Å². The Balaban J connectivity index is 2.00. The van der Waals surface area contributed by atoms with Crippen LogP contribution in [0.25, 0.3) is 0 Å². The molecule has 88 valence electrons. The number of halogens is 2. The molecule has 0 aliphatic heterocycles. The first-order valence-corrected chi connectivity index (χ1v) is 7.74. The Hall–Kier alpha value is 0.180. The smallest absolute Gasteiger partial charge is 0.0177 e. The molecular formula is C14H18Br2. The highest BCUT2D eigenvalue weighted by molar-refractivity contribution is 9.10. The Morgan fingerprint density at radius 1 is 1.19 bits per heavy atom. The van der Waals surface area contributed by atoms with Crippen LogP contribution in [0.3, 0.4) is 0 Å². The average Bonchev–Trinajstić information content (AvgIpc) is 2.27. The van der Waals surface area contributed by atoms with E-state index < -0.39 is 0 Å². The van der Waals surface area contributed by atoms with E-state index in [0.717, 1.165) is 11.8 Å². The third kappa shape index (κ3) is 3.33. The summed E-state index contributed by atoms with van der Waals surface area (Å²) in [7, 11) is 0. The quantitative estimate of drug-likeness (QED) is 0.647. The first kappa shape index (κ1) is 12.6. The second-order valence-corrected chi connectivity index (χ2v) is 7.12. The molecule has 3 unspecified atom stereocenters. The molecule has 0 radical (unpaired) electrons. The van der Waals surface area contributed by atoms with Gasteiger partial charge in [0.1, 0.15) is 0 Å². The van der Waals surface area contributed by atoms with Crippen molar-refractivity contribution in [2.24, 2.45) is 11.8 Å². The summed E-state index contributed by atoms with van der Waals surface area (Å²) in [5, 5.41) is 0. The fourth-order valence-electron chi connectivity index (χ4n) is 2.60. The largest absolute Gasteiger partial charge is 0.0888 e. The lowest BCUT2D eigenvalue weighted by Gasteiger charge is -2.31. The summed E-state index contributed by atoms with van der Waals surface area (Å²) in [6.07, 6.45) is 5.30. The van der Waals surface area contributed by atoms with Crippen molar-refractivity contribution in [2.45, 2.75) is 37.4 Å². The zero-order valence-electron chi connectivity index (χ0n) is 9.63. The predicted molar refractivity (Wildman–Crippen MR) is 77.1 cm³/mol. The minimum Gasteiger partial charge on any atom is -0.0888 e. The van der Waals surface area contributed by atoms with Crippen molar-refractivity contribution in [2.75, 3.05) is 0 Å². The molecule has 0 heterocycles. The van der Waals surface area contributed by atoms with Gasteiger partial charge in [0, 0.05) is 9.30 Å². The number of hydrogen-bond donors (Lipinski definition) is 0. The molecule has 1 aliphatic carbocycles. The van der Waals surface area contributed by atoms with Crippen molar-refractivity contribution in [1.82, 2.24) is 0 Å². The second kappa shape index (κ2) is 5.68. The van der Waals surface area contributed by atoms with Gasteiger partial charge in [-0.3, -0.25) is 0 Å². The molecule has 0 N–H and O–H groups in total. The highest BCUT2D eigenvalue weighted by Crippen LogP contribution is 2.35. The van der Waals surface area contributed by atoms with Crippen molar-refractivity contribution in [3.8, 4) is 0 Å². The SMILES string of the molecule is CC1CCC(Br)C(Cc2ccc(Br)cc2)C1. The molecule has 0 amide bonds. The van der Waals surface area contributed by atoms with Crippen LogP contribution in [0.2, 0.25) is 0 Å². The number of hydrogen-bond acceptors (Lipinski definition) is 0. The van der Waals surface area contributed by atoms with Gasteiger partial charge in [-0.2, -0.15) is 0 Å². The number of rotatable bonds is 2. The Morgan fingerprint density at radius 3 is 2.56 bits per heavy atom. The normalized spacial score (nSPS) is 30.3. The molecule has 16 heavy (non-hydrogen) atoms. The summed E-state index contributed by atoms with van der Waals surface area (Å²) in [6.45, 7) is 2.38. The van der Waals surface area contributed by atoms with Gasteiger partial charge in [-0.05, 0) is 55.2 Å². The topological polar surface area (TPSA) is 0 Å². The summed E-state index contributed by atoms with van der Waals surface area (Å²) >= 11 is 7.33. The van der Waals surface area contributed by atoms with E-state index in [1.165, 1.54) is 35.7 Å². The summed E-state index contributed by atoms with van der Waals surface area (Å²) in [5.41, 5.74) is 1.46. The molecule has 0 nitrogen and oxygen atoms in total. The molecule has 1 aromatic rings. The third-order valence-electron chi connectivity index (χ3n) is 3.56. The van der Waals surface area contributed by atoms with Gasteiger partial charge in [-0.15, -0.1) is 0 Å². The lowest BCUT2D eigenvalue weighted by Crippen LogP contribution is -2.25. The van der Waals surface area contributed by atoms with Gasteiger partial charge >= 0.3 is 0 Å². The molecule has 1 aromatic carbocycles. The van der Waals surface area contributed by atoms with Crippen molar-refractivity contribution in [1.29, 1.82) is 0 Å². The van der Waals surface area contributed by atoms with Gasteiger partial charge < -0.3 is 0 Å². The molecular weight excluding hydrogens is 328 g/mol. The maximum absolute atomic E-state index is 3.84. The molecule has 1 fully saturated rings. The Morgan fingerprint density at radius 2 is 1.88 bits per heavy atom. The van der Waals surface area contributed by atoms with Crippen LogP contribution < -0.4 is 0 Å².